The van der Waals surface area contributed by atoms with Crippen LogP contribution >= 0.6 is 0 Å². The predicted octanol–water partition coefficient (Wildman–Crippen LogP) is 6.01. The van der Waals surface area contributed by atoms with Crippen LogP contribution in [0.4, 0.5) is 11.8 Å². The number of rotatable bonds is 14. The number of benzene rings is 2. The molecule has 5 rings (SSSR count). The van der Waals surface area contributed by atoms with Crippen LogP contribution in [0.3, 0.4) is 0 Å². The van der Waals surface area contributed by atoms with Crippen molar-refractivity contribution in [2.45, 2.75) is 83.8 Å². The van der Waals surface area contributed by atoms with Gasteiger partial charge in [0.2, 0.25) is 11.8 Å². The van der Waals surface area contributed by atoms with Gasteiger partial charge in [0.05, 0.1) is 28.0 Å². The van der Waals surface area contributed by atoms with E-state index in [-0.39, 0.29) is 40.4 Å². The number of sulfonamides is 1. The van der Waals surface area contributed by atoms with Crippen LogP contribution in [0.5, 0.6) is 5.88 Å². The van der Waals surface area contributed by atoms with E-state index in [1.165, 1.54) is 37.5 Å². The Morgan fingerprint density at radius 3 is 2.41 bits per heavy atom. The van der Waals surface area contributed by atoms with E-state index >= 15 is 0 Å². The lowest BCUT2D eigenvalue weighted by Crippen LogP contribution is -2.39. The fourth-order valence-corrected chi connectivity index (χ4v) is 6.83. The topological polar surface area (TPSA) is 160 Å². The van der Waals surface area contributed by atoms with Gasteiger partial charge in [0.1, 0.15) is 12.4 Å². The molecule has 4 aromatic rings. The van der Waals surface area contributed by atoms with Gasteiger partial charge in [-0.25, -0.2) is 27.9 Å². The van der Waals surface area contributed by atoms with Crippen LogP contribution in [0.25, 0.3) is 11.3 Å². The lowest BCUT2D eigenvalue weighted by atomic mass is 9.88. The molecule has 1 saturated carbocycles. The molecule has 0 spiro atoms. The first-order chi connectivity index (χ1) is 23.2. The number of carboxylic acids is 1. The molecule has 1 aliphatic carbocycles. The first kappa shape index (κ1) is 35.7. The molecular formula is C36H45N7O5S. The number of aromatic nitrogens is 4. The molecule has 1 atom stereocenters. The molecule has 260 valence electrons. The van der Waals surface area contributed by atoms with E-state index in [9.17, 15) is 18.3 Å². The summed E-state index contributed by atoms with van der Waals surface area (Å²) in [5.74, 6) is -0.384. The summed E-state index contributed by atoms with van der Waals surface area (Å²) in [7, 11) is -2.17. The molecule has 2 aromatic carbocycles. The highest BCUT2D eigenvalue weighted by Crippen LogP contribution is 2.30. The first-order valence-corrected chi connectivity index (χ1v) is 17.9. The third-order valence-corrected chi connectivity index (χ3v) is 9.90. The van der Waals surface area contributed by atoms with Crippen molar-refractivity contribution in [1.82, 2.24) is 25.3 Å². The van der Waals surface area contributed by atoms with Crippen molar-refractivity contribution >= 4 is 27.8 Å². The Kier molecular flexibility index (Phi) is 10.8. The van der Waals surface area contributed by atoms with Gasteiger partial charge in [-0.2, -0.15) is 4.98 Å². The molecule has 0 radical (unpaired) electrons. The zero-order valence-electron chi connectivity index (χ0n) is 28.9. The average molecular weight is 688 g/mol. The Balaban J connectivity index is 1.40. The Hall–Kier alpha value is -4.62. The fourth-order valence-electron chi connectivity index (χ4n) is 5.84. The Labute approximate surface area is 288 Å². The van der Waals surface area contributed by atoms with Crippen molar-refractivity contribution < 1.29 is 23.1 Å². The molecule has 0 amide bonds. The van der Waals surface area contributed by atoms with Gasteiger partial charge in [0, 0.05) is 43.5 Å². The minimum Gasteiger partial charge on any atom is -0.478 e. The van der Waals surface area contributed by atoms with Gasteiger partial charge in [-0.3, -0.25) is 4.98 Å². The SMILES string of the molecule is Cc1cccc(C)c1-c1cc(OC[C@@H](CC(C)(C)C)NCc2cncc(N(C)C3CCC3)n2)nc(NS(=O)(=O)c2cccc(C(=O)O)c2)n1. The van der Waals surface area contributed by atoms with Crippen LogP contribution in [0, 0.1) is 19.3 Å². The molecule has 13 heteroatoms. The largest absolute Gasteiger partial charge is 0.478 e. The summed E-state index contributed by atoms with van der Waals surface area (Å²) in [5.41, 5.74) is 3.86. The van der Waals surface area contributed by atoms with E-state index in [1.807, 2.05) is 32.0 Å². The van der Waals surface area contributed by atoms with Crippen molar-refractivity contribution in [2.24, 2.45) is 5.41 Å². The van der Waals surface area contributed by atoms with Crippen LogP contribution in [0.1, 0.15) is 73.6 Å². The van der Waals surface area contributed by atoms with Crippen molar-refractivity contribution in [3.05, 3.63) is 83.3 Å². The van der Waals surface area contributed by atoms with E-state index in [4.69, 9.17) is 9.72 Å². The lowest BCUT2D eigenvalue weighted by Gasteiger charge is -2.35. The van der Waals surface area contributed by atoms with E-state index in [1.54, 1.807) is 18.5 Å². The van der Waals surface area contributed by atoms with E-state index in [2.05, 4.69) is 57.7 Å². The number of carbonyl (C=O) groups is 1. The zero-order valence-corrected chi connectivity index (χ0v) is 29.7. The van der Waals surface area contributed by atoms with Crippen molar-refractivity contribution in [2.75, 3.05) is 23.3 Å². The second kappa shape index (κ2) is 14.9. The smallest absolute Gasteiger partial charge is 0.335 e. The van der Waals surface area contributed by atoms with E-state index in [0.29, 0.717) is 18.3 Å². The van der Waals surface area contributed by atoms with Gasteiger partial charge in [0.15, 0.2) is 0 Å². The highest BCUT2D eigenvalue weighted by molar-refractivity contribution is 7.92. The van der Waals surface area contributed by atoms with Crippen LogP contribution in [-0.4, -0.2) is 65.2 Å². The minimum atomic E-state index is -4.24. The summed E-state index contributed by atoms with van der Waals surface area (Å²) in [4.78, 5) is 31.8. The fraction of sp³-hybridized carbons (Fsp3) is 0.417. The Morgan fingerprint density at radius 1 is 1.04 bits per heavy atom. The van der Waals surface area contributed by atoms with Crippen molar-refractivity contribution in [1.29, 1.82) is 0 Å². The number of nitrogens with one attached hydrogen (secondary N) is 2. The Morgan fingerprint density at radius 2 is 1.76 bits per heavy atom. The number of aryl methyl sites for hydroxylation is 2. The second-order valence-electron chi connectivity index (χ2n) is 13.8. The van der Waals surface area contributed by atoms with Gasteiger partial charge < -0.3 is 20.1 Å². The van der Waals surface area contributed by atoms with E-state index < -0.39 is 16.0 Å². The molecule has 49 heavy (non-hydrogen) atoms. The number of aromatic carboxylic acids is 1. The maximum Gasteiger partial charge on any atom is 0.335 e. The van der Waals surface area contributed by atoms with E-state index in [0.717, 1.165) is 40.7 Å². The summed E-state index contributed by atoms with van der Waals surface area (Å²) < 4.78 is 35.5. The normalized spacial score (nSPS) is 14.2. The highest BCUT2D eigenvalue weighted by atomic mass is 32.2. The van der Waals surface area contributed by atoms with Gasteiger partial charge in [-0.1, -0.05) is 45.0 Å². The number of ether oxygens (including phenoxy) is 1. The number of carboxylic acid groups (broad SMARTS) is 1. The first-order valence-electron chi connectivity index (χ1n) is 16.4. The van der Waals surface area contributed by atoms with Gasteiger partial charge in [-0.15, -0.1) is 0 Å². The molecule has 2 heterocycles. The predicted molar refractivity (Wildman–Crippen MR) is 189 cm³/mol. The maximum absolute atomic E-state index is 13.4. The van der Waals surface area contributed by atoms with Crippen molar-refractivity contribution in [3.8, 4) is 17.1 Å². The van der Waals surface area contributed by atoms with Gasteiger partial charge in [0.25, 0.3) is 10.0 Å². The van der Waals surface area contributed by atoms with Crippen LogP contribution in [0.15, 0.2) is 65.8 Å². The number of nitrogens with zero attached hydrogens (tertiary/aromatic N) is 5. The summed E-state index contributed by atoms with van der Waals surface area (Å²) >= 11 is 0. The summed E-state index contributed by atoms with van der Waals surface area (Å²) in [6, 6.07) is 13.1. The molecule has 1 aliphatic rings. The van der Waals surface area contributed by atoms with Gasteiger partial charge >= 0.3 is 5.97 Å². The summed E-state index contributed by atoms with van der Waals surface area (Å²) in [5, 5.41) is 13.0. The highest BCUT2D eigenvalue weighted by Gasteiger charge is 2.25. The Bertz CT molecular complexity index is 1890. The summed E-state index contributed by atoms with van der Waals surface area (Å²) in [6.45, 7) is 11.1. The minimum absolute atomic E-state index is 0.0284. The molecule has 0 saturated heterocycles. The van der Waals surface area contributed by atoms with Crippen molar-refractivity contribution in [3.63, 3.8) is 0 Å². The number of hydrogen-bond acceptors (Lipinski definition) is 10. The molecule has 1 fully saturated rings. The lowest BCUT2D eigenvalue weighted by molar-refractivity contribution is 0.0696. The molecular weight excluding hydrogens is 643 g/mol. The average Bonchev–Trinajstić information content (AvgIpc) is 3.01. The monoisotopic (exact) mass is 687 g/mol. The third-order valence-electron chi connectivity index (χ3n) is 8.58. The molecule has 3 N–H and O–H groups in total. The third kappa shape index (κ3) is 9.30. The molecule has 0 unspecified atom stereocenters. The molecule has 0 bridgehead atoms. The molecule has 0 aliphatic heterocycles. The maximum atomic E-state index is 13.4. The zero-order chi connectivity index (χ0) is 35.3. The number of anilines is 2. The molecule has 12 nitrogen and oxygen atoms in total. The quantitative estimate of drug-likeness (QED) is 0.142. The number of hydrogen-bond donors (Lipinski definition) is 3. The van der Waals surface area contributed by atoms with Crippen LogP contribution in [0.2, 0.25) is 0 Å². The standard InChI is InChI=1S/C36H45N7O5S/c1-23-10-7-11-24(2)33(23)30-17-32(41-35(40-30)42-49(46,47)29-15-8-12-25(16-29)34(44)45)48-22-26(18-36(3,4)5)38-20-27-19-37-21-31(39-27)43(6)28-13-9-14-28/h7-8,10-12,15-17,19,21,26,28,38H,9,13-14,18,20,22H2,1-6H3,(H,44,45)(H,40,41,42)/t26-/m1/s1. The van der Waals surface area contributed by atoms with Crippen LogP contribution in [-0.2, 0) is 16.6 Å². The molecule has 2 aromatic heterocycles. The van der Waals surface area contributed by atoms with Crippen LogP contribution < -0.4 is 19.7 Å². The van der Waals surface area contributed by atoms with Gasteiger partial charge in [-0.05, 0) is 74.3 Å². The summed E-state index contributed by atoms with van der Waals surface area (Å²) in [6.07, 6.45) is 7.92. The second-order valence-corrected chi connectivity index (χ2v) is 15.5.